The Balaban J connectivity index is 1.49. The summed E-state index contributed by atoms with van der Waals surface area (Å²) in [5, 5.41) is 62.1. The molecule has 0 aliphatic carbocycles. The smallest absolute Gasteiger partial charge is 0.338 e. The van der Waals surface area contributed by atoms with Gasteiger partial charge in [-0.15, -0.1) is 0 Å². The largest absolute Gasteiger partial charge is 0.507 e. The van der Waals surface area contributed by atoms with Crippen LogP contribution in [-0.4, -0.2) is 88.1 Å². The van der Waals surface area contributed by atoms with Crippen molar-refractivity contribution < 1.29 is 59.1 Å². The quantitative estimate of drug-likeness (QED) is 0.244. The molecule has 1 fully saturated rings. The van der Waals surface area contributed by atoms with E-state index in [-0.39, 0.29) is 45.4 Å². The lowest BCUT2D eigenvalue weighted by molar-refractivity contribution is -0.277. The number of hydrogen-bond donors (Lipinski definition) is 6. The van der Waals surface area contributed by atoms with Gasteiger partial charge in [0.2, 0.25) is 12.0 Å². The van der Waals surface area contributed by atoms with E-state index in [9.17, 15) is 35.4 Å². The Kier molecular flexibility index (Phi) is 7.45. The van der Waals surface area contributed by atoms with Crippen molar-refractivity contribution in [2.45, 2.75) is 30.7 Å². The Bertz CT molecular complexity index is 1270. The lowest BCUT2D eigenvalue weighted by atomic mass is 9.99. The highest BCUT2D eigenvalue weighted by molar-refractivity contribution is 5.94. The van der Waals surface area contributed by atoms with Gasteiger partial charge in [-0.3, -0.25) is 0 Å². The molecule has 3 aromatic carbocycles. The fraction of sp³-hybridized carbons (Fsp3) is 0.320. The summed E-state index contributed by atoms with van der Waals surface area (Å²) in [6.07, 6.45) is -7.90. The third-order valence-corrected chi connectivity index (χ3v) is 5.94. The third kappa shape index (κ3) is 5.13. The average molecular weight is 518 g/mol. The van der Waals surface area contributed by atoms with Gasteiger partial charge in [0.05, 0.1) is 19.8 Å². The van der Waals surface area contributed by atoms with Crippen LogP contribution in [-0.2, 0) is 9.47 Å². The van der Waals surface area contributed by atoms with Crippen LogP contribution in [0, 0.1) is 0 Å². The number of rotatable bonds is 7. The van der Waals surface area contributed by atoms with E-state index in [1.165, 1.54) is 44.6 Å². The second-order valence-corrected chi connectivity index (χ2v) is 8.28. The number of fused-ring (bicyclic) bond motifs is 1. The van der Waals surface area contributed by atoms with Gasteiger partial charge in [0.15, 0.2) is 11.5 Å². The molecule has 1 aliphatic heterocycles. The molecule has 0 spiro atoms. The van der Waals surface area contributed by atoms with Gasteiger partial charge >= 0.3 is 5.97 Å². The zero-order chi connectivity index (χ0) is 26.9. The summed E-state index contributed by atoms with van der Waals surface area (Å²) in [5.41, 5.74) is -0.0309. The number of phenols is 3. The molecule has 37 heavy (non-hydrogen) atoms. The first-order valence-electron chi connectivity index (χ1n) is 11.1. The van der Waals surface area contributed by atoms with Crippen LogP contribution in [0.5, 0.6) is 34.5 Å². The number of aliphatic hydroxyl groups is 3. The molecule has 5 atom stereocenters. The van der Waals surface area contributed by atoms with Gasteiger partial charge < -0.3 is 54.3 Å². The summed E-state index contributed by atoms with van der Waals surface area (Å²) in [6.45, 7) is -0.543. The van der Waals surface area contributed by atoms with Crippen LogP contribution in [0.25, 0.3) is 10.8 Å². The van der Waals surface area contributed by atoms with E-state index >= 15 is 0 Å². The van der Waals surface area contributed by atoms with E-state index in [1.807, 2.05) is 0 Å². The molecule has 1 aliphatic rings. The highest BCUT2D eigenvalue weighted by atomic mass is 16.7. The maximum absolute atomic E-state index is 12.6. The first-order valence-corrected chi connectivity index (χ1v) is 11.1. The minimum Gasteiger partial charge on any atom is -0.507 e. The number of aliphatic hydroxyl groups excluding tert-OH is 3. The van der Waals surface area contributed by atoms with E-state index in [2.05, 4.69) is 0 Å². The highest BCUT2D eigenvalue weighted by Gasteiger charge is 2.45. The summed E-state index contributed by atoms with van der Waals surface area (Å²) in [5.74, 6) is -1.57. The number of methoxy groups -OCH3 is 2. The van der Waals surface area contributed by atoms with E-state index in [1.54, 1.807) is 12.1 Å². The summed E-state index contributed by atoms with van der Waals surface area (Å²) < 4.78 is 26.4. The number of esters is 1. The van der Waals surface area contributed by atoms with Crippen molar-refractivity contribution in [1.29, 1.82) is 0 Å². The average Bonchev–Trinajstić information content (AvgIpc) is 2.89. The fourth-order valence-corrected chi connectivity index (χ4v) is 3.93. The topological polar surface area (TPSA) is 185 Å². The van der Waals surface area contributed by atoms with E-state index in [0.717, 1.165) is 0 Å². The number of hydrogen-bond acceptors (Lipinski definition) is 12. The Labute approximate surface area is 210 Å². The lowest BCUT2D eigenvalue weighted by Crippen LogP contribution is -2.60. The van der Waals surface area contributed by atoms with Crippen molar-refractivity contribution in [3.05, 3.63) is 48.0 Å². The van der Waals surface area contributed by atoms with Crippen LogP contribution in [0.4, 0.5) is 0 Å². The minimum atomic E-state index is -1.72. The van der Waals surface area contributed by atoms with Gasteiger partial charge in [-0.25, -0.2) is 4.79 Å². The molecule has 4 rings (SSSR count). The molecule has 12 nitrogen and oxygen atoms in total. The van der Waals surface area contributed by atoms with E-state index in [4.69, 9.17) is 23.7 Å². The fourth-order valence-electron chi connectivity index (χ4n) is 3.93. The molecule has 0 saturated carbocycles. The van der Waals surface area contributed by atoms with Crippen LogP contribution < -0.4 is 14.2 Å². The minimum absolute atomic E-state index is 0.00170. The first kappa shape index (κ1) is 26.1. The van der Waals surface area contributed by atoms with E-state index < -0.39 is 43.3 Å². The van der Waals surface area contributed by atoms with Crippen molar-refractivity contribution in [2.75, 3.05) is 20.8 Å². The van der Waals surface area contributed by atoms with Crippen LogP contribution in [0.15, 0.2) is 42.5 Å². The molecule has 0 bridgehead atoms. The molecule has 0 amide bonds. The number of ether oxygens (including phenoxy) is 5. The molecule has 0 aromatic heterocycles. The standard InChI is InChI=1S/C25H26O12/c1-33-17-6-11(7-18(34-2)20(17)28)24(32)35-10-19-21(29)22(30)23(31)25(37-19)36-12-8-14-13(16(27)9-12)4-3-5-15(14)26/h3-9,19,21-23,25-31H,10H2,1-2H3/t19-,21-,22+,23-,25-/m1/s1. The van der Waals surface area contributed by atoms with Crippen molar-refractivity contribution in [3.8, 4) is 34.5 Å². The Morgan fingerprint density at radius 3 is 2.19 bits per heavy atom. The molecular formula is C25H26O12. The third-order valence-electron chi connectivity index (χ3n) is 5.94. The number of carbonyl (C=O) groups is 1. The molecule has 0 unspecified atom stereocenters. The van der Waals surface area contributed by atoms with Crippen molar-refractivity contribution in [3.63, 3.8) is 0 Å². The van der Waals surface area contributed by atoms with Crippen LogP contribution in [0.3, 0.4) is 0 Å². The van der Waals surface area contributed by atoms with Crippen molar-refractivity contribution in [1.82, 2.24) is 0 Å². The molecule has 12 heteroatoms. The predicted molar refractivity (Wildman–Crippen MR) is 126 cm³/mol. The summed E-state index contributed by atoms with van der Waals surface area (Å²) in [6, 6.07) is 9.65. The highest BCUT2D eigenvalue weighted by Crippen LogP contribution is 2.38. The van der Waals surface area contributed by atoms with Gasteiger partial charge in [0.1, 0.15) is 48.3 Å². The molecule has 198 valence electrons. The second kappa shape index (κ2) is 10.6. The van der Waals surface area contributed by atoms with Gasteiger partial charge in [-0.2, -0.15) is 0 Å². The molecule has 1 heterocycles. The normalized spacial score (nSPS) is 23.4. The molecule has 0 radical (unpaired) electrons. The first-order chi connectivity index (χ1) is 17.6. The maximum Gasteiger partial charge on any atom is 0.338 e. The van der Waals surface area contributed by atoms with Crippen molar-refractivity contribution >= 4 is 16.7 Å². The Hall–Kier alpha value is -3.97. The van der Waals surface area contributed by atoms with Gasteiger partial charge in [-0.1, -0.05) is 12.1 Å². The van der Waals surface area contributed by atoms with Crippen molar-refractivity contribution in [2.24, 2.45) is 0 Å². The number of benzene rings is 3. The maximum atomic E-state index is 12.6. The zero-order valence-electron chi connectivity index (χ0n) is 19.8. The molecule has 1 saturated heterocycles. The number of carbonyl (C=O) groups excluding carboxylic acids is 1. The molecular weight excluding hydrogens is 492 g/mol. The number of phenolic OH excluding ortho intramolecular Hbond substituents is 3. The summed E-state index contributed by atoms with van der Waals surface area (Å²) in [7, 11) is 2.58. The number of aromatic hydroxyl groups is 3. The van der Waals surface area contributed by atoms with Gasteiger partial charge in [-0.05, 0) is 24.3 Å². The van der Waals surface area contributed by atoms with Gasteiger partial charge in [0, 0.05) is 16.8 Å². The molecule has 3 aromatic rings. The predicted octanol–water partition coefficient (Wildman–Crippen LogP) is 1.02. The monoisotopic (exact) mass is 518 g/mol. The van der Waals surface area contributed by atoms with Crippen LogP contribution in [0.2, 0.25) is 0 Å². The van der Waals surface area contributed by atoms with Crippen LogP contribution in [0.1, 0.15) is 10.4 Å². The summed E-state index contributed by atoms with van der Waals surface area (Å²) in [4.78, 5) is 12.6. The zero-order valence-corrected chi connectivity index (χ0v) is 19.8. The van der Waals surface area contributed by atoms with Crippen LogP contribution >= 0.6 is 0 Å². The molecule has 6 N–H and O–H groups in total. The van der Waals surface area contributed by atoms with E-state index in [0.29, 0.717) is 5.39 Å². The second-order valence-electron chi connectivity index (χ2n) is 8.28. The lowest BCUT2D eigenvalue weighted by Gasteiger charge is -2.39. The Morgan fingerprint density at radius 2 is 1.54 bits per heavy atom. The van der Waals surface area contributed by atoms with Gasteiger partial charge in [0.25, 0.3) is 0 Å². The SMILES string of the molecule is COc1cc(C(=O)OC[C@H]2O[C@@H](Oc3cc(O)c4cccc(O)c4c3)[C@H](O)[C@@H](O)[C@@H]2O)cc(OC)c1O. The summed E-state index contributed by atoms with van der Waals surface area (Å²) >= 11 is 0. The Morgan fingerprint density at radius 1 is 0.865 bits per heavy atom.